The number of benzene rings is 1. The predicted octanol–water partition coefficient (Wildman–Crippen LogP) is 4.64. The third-order valence-corrected chi connectivity index (χ3v) is 3.40. The first-order valence-electron chi connectivity index (χ1n) is 6.40. The number of pyridine rings is 1. The molecule has 0 fully saturated rings. The molecule has 0 bridgehead atoms. The van der Waals surface area contributed by atoms with Gasteiger partial charge in [0.25, 0.3) is 0 Å². The summed E-state index contributed by atoms with van der Waals surface area (Å²) in [5.41, 5.74) is 2.45. The van der Waals surface area contributed by atoms with Crippen LogP contribution in [0.1, 0.15) is 31.9 Å². The van der Waals surface area contributed by atoms with Crippen LogP contribution in [0.4, 0.5) is 5.82 Å². The SMILES string of the molecule is CC(C)(C)c1ccc(CNc2ccccn2)c(Cl)c1. The van der Waals surface area contributed by atoms with Crippen LogP contribution in [0.5, 0.6) is 0 Å². The van der Waals surface area contributed by atoms with Gasteiger partial charge in [-0.05, 0) is 34.7 Å². The molecule has 0 amide bonds. The van der Waals surface area contributed by atoms with Gasteiger partial charge in [-0.25, -0.2) is 4.98 Å². The Morgan fingerprint density at radius 2 is 1.95 bits per heavy atom. The Morgan fingerprint density at radius 3 is 2.53 bits per heavy atom. The van der Waals surface area contributed by atoms with Crippen molar-refractivity contribution in [2.75, 3.05) is 5.32 Å². The van der Waals surface area contributed by atoms with E-state index in [1.54, 1.807) is 6.20 Å². The summed E-state index contributed by atoms with van der Waals surface area (Å²) in [6, 6.07) is 12.1. The van der Waals surface area contributed by atoms with Crippen molar-refractivity contribution in [3.63, 3.8) is 0 Å². The number of anilines is 1. The lowest BCUT2D eigenvalue weighted by Gasteiger charge is -2.20. The molecular formula is C16H19ClN2. The topological polar surface area (TPSA) is 24.9 Å². The summed E-state index contributed by atoms with van der Waals surface area (Å²) < 4.78 is 0. The number of nitrogens with one attached hydrogen (secondary N) is 1. The number of hydrogen-bond acceptors (Lipinski definition) is 2. The quantitative estimate of drug-likeness (QED) is 0.882. The maximum absolute atomic E-state index is 6.34. The Bertz CT molecular complexity index is 544. The molecule has 100 valence electrons. The molecule has 0 aliphatic heterocycles. The van der Waals surface area contributed by atoms with E-state index in [0.29, 0.717) is 6.54 Å². The maximum atomic E-state index is 6.34. The molecule has 0 aliphatic carbocycles. The Labute approximate surface area is 119 Å². The molecule has 19 heavy (non-hydrogen) atoms. The lowest BCUT2D eigenvalue weighted by Crippen LogP contribution is -2.11. The first kappa shape index (κ1) is 13.9. The van der Waals surface area contributed by atoms with E-state index in [0.717, 1.165) is 16.4 Å². The van der Waals surface area contributed by atoms with E-state index in [9.17, 15) is 0 Å². The molecule has 1 aromatic carbocycles. The average Bonchev–Trinajstić information content (AvgIpc) is 2.37. The summed E-state index contributed by atoms with van der Waals surface area (Å²) in [6.07, 6.45) is 1.77. The predicted molar refractivity (Wildman–Crippen MR) is 81.7 cm³/mol. The van der Waals surface area contributed by atoms with Crippen LogP contribution >= 0.6 is 11.6 Å². The molecule has 1 heterocycles. The van der Waals surface area contributed by atoms with Gasteiger partial charge in [-0.1, -0.05) is 50.6 Å². The fourth-order valence-corrected chi connectivity index (χ4v) is 2.06. The van der Waals surface area contributed by atoms with Crippen molar-refractivity contribution in [1.29, 1.82) is 0 Å². The zero-order valence-corrected chi connectivity index (χ0v) is 12.3. The van der Waals surface area contributed by atoms with Crippen molar-refractivity contribution in [2.45, 2.75) is 32.7 Å². The third-order valence-electron chi connectivity index (χ3n) is 3.04. The Kier molecular flexibility index (Phi) is 4.11. The van der Waals surface area contributed by atoms with Crippen molar-refractivity contribution >= 4 is 17.4 Å². The molecule has 2 rings (SSSR count). The van der Waals surface area contributed by atoms with Gasteiger partial charge in [-0.3, -0.25) is 0 Å². The van der Waals surface area contributed by atoms with Crippen molar-refractivity contribution in [3.8, 4) is 0 Å². The molecule has 0 unspecified atom stereocenters. The van der Waals surface area contributed by atoms with Gasteiger partial charge in [0.05, 0.1) is 0 Å². The molecular weight excluding hydrogens is 256 g/mol. The summed E-state index contributed by atoms with van der Waals surface area (Å²) in [7, 11) is 0. The van der Waals surface area contributed by atoms with Crippen molar-refractivity contribution < 1.29 is 0 Å². The monoisotopic (exact) mass is 274 g/mol. The lowest BCUT2D eigenvalue weighted by atomic mass is 9.86. The van der Waals surface area contributed by atoms with Gasteiger partial charge in [-0.15, -0.1) is 0 Å². The minimum atomic E-state index is 0.122. The number of halogens is 1. The van der Waals surface area contributed by atoms with Crippen molar-refractivity contribution in [2.24, 2.45) is 0 Å². The van der Waals surface area contributed by atoms with E-state index in [-0.39, 0.29) is 5.41 Å². The van der Waals surface area contributed by atoms with E-state index in [1.807, 2.05) is 18.2 Å². The average molecular weight is 275 g/mol. The van der Waals surface area contributed by atoms with E-state index in [4.69, 9.17) is 11.6 Å². The zero-order valence-electron chi connectivity index (χ0n) is 11.6. The molecule has 0 saturated heterocycles. The highest BCUT2D eigenvalue weighted by Gasteiger charge is 2.14. The minimum Gasteiger partial charge on any atom is -0.366 e. The molecule has 0 radical (unpaired) electrons. The molecule has 0 atom stereocenters. The van der Waals surface area contributed by atoms with Crippen molar-refractivity contribution in [3.05, 3.63) is 58.7 Å². The van der Waals surface area contributed by atoms with Gasteiger partial charge in [-0.2, -0.15) is 0 Å². The highest BCUT2D eigenvalue weighted by Crippen LogP contribution is 2.27. The van der Waals surface area contributed by atoms with E-state index >= 15 is 0 Å². The molecule has 1 aromatic heterocycles. The van der Waals surface area contributed by atoms with Crippen LogP contribution in [0.15, 0.2) is 42.6 Å². The van der Waals surface area contributed by atoms with Gasteiger partial charge in [0.15, 0.2) is 0 Å². The third kappa shape index (κ3) is 3.71. The molecule has 2 aromatic rings. The molecule has 0 saturated carbocycles. The standard InChI is InChI=1S/C16H19ClN2/c1-16(2,3)13-8-7-12(14(17)10-13)11-19-15-6-4-5-9-18-15/h4-10H,11H2,1-3H3,(H,18,19). The van der Waals surface area contributed by atoms with Crippen LogP contribution in [-0.2, 0) is 12.0 Å². The van der Waals surface area contributed by atoms with Gasteiger partial charge in [0.1, 0.15) is 5.82 Å². The smallest absolute Gasteiger partial charge is 0.126 e. The first-order chi connectivity index (χ1) is 8.97. The summed E-state index contributed by atoms with van der Waals surface area (Å²) in [6.45, 7) is 7.24. The maximum Gasteiger partial charge on any atom is 0.126 e. The van der Waals surface area contributed by atoms with Gasteiger partial charge in [0, 0.05) is 17.8 Å². The number of nitrogens with zero attached hydrogens (tertiary/aromatic N) is 1. The van der Waals surface area contributed by atoms with Crippen molar-refractivity contribution in [1.82, 2.24) is 4.98 Å². The minimum absolute atomic E-state index is 0.122. The molecule has 0 spiro atoms. The second-order valence-corrected chi connectivity index (χ2v) is 6.03. The molecule has 1 N–H and O–H groups in total. The van der Waals surface area contributed by atoms with Gasteiger partial charge >= 0.3 is 0 Å². The summed E-state index contributed by atoms with van der Waals surface area (Å²) >= 11 is 6.34. The Hall–Kier alpha value is -1.54. The fourth-order valence-electron chi connectivity index (χ4n) is 1.81. The zero-order chi connectivity index (χ0) is 13.9. The van der Waals surface area contributed by atoms with Crippen LogP contribution in [0.3, 0.4) is 0 Å². The van der Waals surface area contributed by atoms with Crippen LogP contribution in [-0.4, -0.2) is 4.98 Å². The number of aromatic nitrogens is 1. The fraction of sp³-hybridized carbons (Fsp3) is 0.312. The first-order valence-corrected chi connectivity index (χ1v) is 6.78. The second kappa shape index (κ2) is 5.62. The highest BCUT2D eigenvalue weighted by molar-refractivity contribution is 6.31. The number of rotatable bonds is 3. The Balaban J connectivity index is 2.10. The summed E-state index contributed by atoms with van der Waals surface area (Å²) in [5, 5.41) is 4.07. The highest BCUT2D eigenvalue weighted by atomic mass is 35.5. The van der Waals surface area contributed by atoms with Crippen LogP contribution in [0, 0.1) is 0 Å². The van der Waals surface area contributed by atoms with E-state index in [1.165, 1.54) is 5.56 Å². The van der Waals surface area contributed by atoms with E-state index < -0.39 is 0 Å². The normalized spacial score (nSPS) is 11.4. The lowest BCUT2D eigenvalue weighted by molar-refractivity contribution is 0.590. The van der Waals surface area contributed by atoms with Gasteiger partial charge < -0.3 is 5.32 Å². The summed E-state index contributed by atoms with van der Waals surface area (Å²) in [4.78, 5) is 4.23. The molecule has 2 nitrogen and oxygen atoms in total. The van der Waals surface area contributed by atoms with Crippen LogP contribution < -0.4 is 5.32 Å². The number of hydrogen-bond donors (Lipinski definition) is 1. The Morgan fingerprint density at radius 1 is 1.16 bits per heavy atom. The van der Waals surface area contributed by atoms with Crippen LogP contribution in [0.25, 0.3) is 0 Å². The van der Waals surface area contributed by atoms with E-state index in [2.05, 4.69) is 49.3 Å². The molecule has 0 aliphatic rings. The largest absolute Gasteiger partial charge is 0.366 e. The summed E-state index contributed by atoms with van der Waals surface area (Å²) in [5.74, 6) is 0.860. The van der Waals surface area contributed by atoms with Crippen LogP contribution in [0.2, 0.25) is 5.02 Å². The van der Waals surface area contributed by atoms with Gasteiger partial charge in [0.2, 0.25) is 0 Å². The second-order valence-electron chi connectivity index (χ2n) is 5.62. The molecule has 3 heteroatoms.